The minimum Gasteiger partial charge on any atom is -0.0871 e. The highest BCUT2D eigenvalue weighted by molar-refractivity contribution is 5.48. The molecule has 0 saturated heterocycles. The van der Waals surface area contributed by atoms with Gasteiger partial charge in [-0.2, -0.15) is 0 Å². The monoisotopic (exact) mass is 132 g/mol. The highest BCUT2D eigenvalue weighted by Crippen LogP contribution is 2.04. The normalized spacial score (nSPS) is 10.6. The zero-order valence-corrected chi connectivity index (χ0v) is 6.46. The van der Waals surface area contributed by atoms with Crippen LogP contribution >= 0.6 is 0 Å². The predicted molar refractivity (Wildman–Crippen MR) is 45.9 cm³/mol. The number of allylic oxidation sites excluding steroid dienone is 1. The molecule has 0 radical (unpaired) electrons. The Morgan fingerprint density at radius 1 is 1.10 bits per heavy atom. The molecule has 0 heteroatoms. The lowest BCUT2D eigenvalue weighted by Crippen LogP contribution is -1.71. The lowest BCUT2D eigenvalue weighted by atomic mass is 10.1. The van der Waals surface area contributed by atoms with Crippen LogP contribution in [0.15, 0.2) is 30.3 Å². The molecule has 52 valence electrons. The van der Waals surface area contributed by atoms with E-state index in [4.69, 9.17) is 0 Å². The summed E-state index contributed by atoms with van der Waals surface area (Å²) in [5.41, 5.74) is 2.58. The summed E-state index contributed by atoms with van der Waals surface area (Å²) in [6, 6.07) is 8.48. The van der Waals surface area contributed by atoms with Crippen LogP contribution in [0.2, 0.25) is 0 Å². The Kier molecular flexibility index (Phi) is 2.27. The van der Waals surface area contributed by atoms with E-state index < -0.39 is 0 Å². The average molecular weight is 132 g/mol. The first kappa shape index (κ1) is 7.07. The van der Waals surface area contributed by atoms with E-state index in [0.717, 1.165) is 0 Å². The van der Waals surface area contributed by atoms with Crippen LogP contribution in [0.25, 0.3) is 6.08 Å². The van der Waals surface area contributed by atoms with Crippen LogP contribution in [0, 0.1) is 6.92 Å². The van der Waals surface area contributed by atoms with Crippen molar-refractivity contribution >= 4 is 6.08 Å². The van der Waals surface area contributed by atoms with Crippen LogP contribution < -0.4 is 0 Å². The molecule has 0 fully saturated rings. The molecule has 1 aromatic rings. The van der Waals surface area contributed by atoms with Crippen molar-refractivity contribution in [2.75, 3.05) is 0 Å². The van der Waals surface area contributed by atoms with Gasteiger partial charge in [-0.15, -0.1) is 0 Å². The maximum atomic E-state index is 2.12. The molecular formula is C10H12. The third-order valence-electron chi connectivity index (χ3n) is 1.44. The first-order valence-electron chi connectivity index (χ1n) is 3.52. The highest BCUT2D eigenvalue weighted by Gasteiger charge is 1.83. The summed E-state index contributed by atoms with van der Waals surface area (Å²) in [6.45, 7) is 4.12. The smallest absolute Gasteiger partial charge is 0.0260 e. The molecule has 0 amide bonds. The molecule has 1 aromatic carbocycles. The lowest BCUT2D eigenvalue weighted by molar-refractivity contribution is 1.46. The third-order valence-corrected chi connectivity index (χ3v) is 1.44. The van der Waals surface area contributed by atoms with Gasteiger partial charge in [0.25, 0.3) is 0 Å². The number of benzene rings is 1. The first-order valence-corrected chi connectivity index (χ1v) is 3.52. The van der Waals surface area contributed by atoms with Gasteiger partial charge in [-0.05, 0) is 19.4 Å². The van der Waals surface area contributed by atoms with Gasteiger partial charge in [-0.3, -0.25) is 0 Å². The van der Waals surface area contributed by atoms with E-state index in [9.17, 15) is 0 Å². The van der Waals surface area contributed by atoms with Crippen molar-refractivity contribution in [3.63, 3.8) is 0 Å². The zero-order chi connectivity index (χ0) is 7.40. The first-order chi connectivity index (χ1) is 4.83. The number of hydrogen-bond acceptors (Lipinski definition) is 0. The van der Waals surface area contributed by atoms with Gasteiger partial charge in [0.1, 0.15) is 0 Å². The average Bonchev–Trinajstić information content (AvgIpc) is 1.95. The number of rotatable bonds is 1. The molecule has 0 bridgehead atoms. The molecule has 0 saturated carbocycles. The predicted octanol–water partition coefficient (Wildman–Crippen LogP) is 3.03. The molecule has 10 heavy (non-hydrogen) atoms. The van der Waals surface area contributed by atoms with E-state index in [1.54, 1.807) is 0 Å². The fraction of sp³-hybridized carbons (Fsp3) is 0.200. The van der Waals surface area contributed by atoms with Crippen LogP contribution in [0.5, 0.6) is 0 Å². The maximum Gasteiger partial charge on any atom is -0.0260 e. The summed E-state index contributed by atoms with van der Waals surface area (Å²) in [7, 11) is 0. The minimum atomic E-state index is 1.27. The topological polar surface area (TPSA) is 0 Å². The van der Waals surface area contributed by atoms with E-state index >= 15 is 0 Å². The summed E-state index contributed by atoms with van der Waals surface area (Å²) in [6.07, 6.45) is 4.14. The lowest BCUT2D eigenvalue weighted by Gasteiger charge is -1.92. The Balaban J connectivity index is 2.89. The van der Waals surface area contributed by atoms with Crippen LogP contribution in [-0.4, -0.2) is 0 Å². The van der Waals surface area contributed by atoms with Crippen molar-refractivity contribution in [2.45, 2.75) is 13.8 Å². The fourth-order valence-electron chi connectivity index (χ4n) is 0.870. The Morgan fingerprint density at radius 2 is 1.70 bits per heavy atom. The molecule has 0 spiro atoms. The Hall–Kier alpha value is -1.04. The summed E-state index contributed by atoms with van der Waals surface area (Å²) in [5.74, 6) is 0. The molecule has 0 nitrogen and oxygen atoms in total. The van der Waals surface area contributed by atoms with Gasteiger partial charge in [0.15, 0.2) is 0 Å². The van der Waals surface area contributed by atoms with E-state index in [0.29, 0.717) is 0 Å². The second-order valence-electron chi connectivity index (χ2n) is 2.41. The molecule has 0 aliphatic rings. The second-order valence-corrected chi connectivity index (χ2v) is 2.41. The zero-order valence-electron chi connectivity index (χ0n) is 6.46. The van der Waals surface area contributed by atoms with Crippen molar-refractivity contribution in [1.29, 1.82) is 0 Å². The van der Waals surface area contributed by atoms with E-state index in [-0.39, 0.29) is 0 Å². The molecule has 0 unspecified atom stereocenters. The SMILES string of the molecule is C/C=C\c1ccc(C)cc1. The van der Waals surface area contributed by atoms with Crippen molar-refractivity contribution in [2.24, 2.45) is 0 Å². The quantitative estimate of drug-likeness (QED) is 0.551. The van der Waals surface area contributed by atoms with Gasteiger partial charge >= 0.3 is 0 Å². The van der Waals surface area contributed by atoms with E-state index in [1.807, 2.05) is 13.0 Å². The molecule has 1 rings (SSSR count). The van der Waals surface area contributed by atoms with E-state index in [1.165, 1.54) is 11.1 Å². The molecule has 0 aliphatic carbocycles. The third kappa shape index (κ3) is 1.73. The second kappa shape index (κ2) is 3.21. The molecule has 0 aromatic heterocycles. The summed E-state index contributed by atoms with van der Waals surface area (Å²) in [4.78, 5) is 0. The number of hydrogen-bond donors (Lipinski definition) is 0. The largest absolute Gasteiger partial charge is 0.0871 e. The Morgan fingerprint density at radius 3 is 2.20 bits per heavy atom. The van der Waals surface area contributed by atoms with Gasteiger partial charge < -0.3 is 0 Å². The van der Waals surface area contributed by atoms with Gasteiger partial charge in [0.2, 0.25) is 0 Å². The van der Waals surface area contributed by atoms with Gasteiger partial charge in [0, 0.05) is 0 Å². The molecule has 0 atom stereocenters. The molecular weight excluding hydrogens is 120 g/mol. The van der Waals surface area contributed by atoms with Crippen molar-refractivity contribution in [3.8, 4) is 0 Å². The van der Waals surface area contributed by atoms with Crippen molar-refractivity contribution in [1.82, 2.24) is 0 Å². The summed E-state index contributed by atoms with van der Waals surface area (Å²) in [5, 5.41) is 0. The fourth-order valence-corrected chi connectivity index (χ4v) is 0.870. The molecule has 0 heterocycles. The van der Waals surface area contributed by atoms with Gasteiger partial charge in [0.05, 0.1) is 0 Å². The molecule has 0 aliphatic heterocycles. The Labute approximate surface area is 62.2 Å². The molecule has 0 N–H and O–H groups in total. The van der Waals surface area contributed by atoms with Gasteiger partial charge in [-0.25, -0.2) is 0 Å². The van der Waals surface area contributed by atoms with Crippen LogP contribution in [0.3, 0.4) is 0 Å². The van der Waals surface area contributed by atoms with Crippen molar-refractivity contribution in [3.05, 3.63) is 41.5 Å². The summed E-state index contributed by atoms with van der Waals surface area (Å²) >= 11 is 0. The van der Waals surface area contributed by atoms with E-state index in [2.05, 4.69) is 37.3 Å². The van der Waals surface area contributed by atoms with Gasteiger partial charge in [-0.1, -0.05) is 42.0 Å². The number of aryl methyl sites for hydroxylation is 1. The Bertz CT molecular complexity index is 216. The van der Waals surface area contributed by atoms with Crippen LogP contribution in [-0.2, 0) is 0 Å². The summed E-state index contributed by atoms with van der Waals surface area (Å²) < 4.78 is 0. The van der Waals surface area contributed by atoms with Crippen molar-refractivity contribution < 1.29 is 0 Å². The standard InChI is InChI=1S/C10H12/c1-3-4-10-7-5-9(2)6-8-10/h3-8H,1-2H3/b4-3-. The minimum absolute atomic E-state index is 1.27. The maximum absolute atomic E-state index is 2.12. The van der Waals surface area contributed by atoms with Crippen LogP contribution in [0.4, 0.5) is 0 Å². The van der Waals surface area contributed by atoms with Crippen LogP contribution in [0.1, 0.15) is 18.1 Å². The highest BCUT2D eigenvalue weighted by atomic mass is 13.9.